The van der Waals surface area contributed by atoms with Crippen molar-refractivity contribution in [1.29, 1.82) is 0 Å². The van der Waals surface area contributed by atoms with E-state index in [-0.39, 0.29) is 38.0 Å². The van der Waals surface area contributed by atoms with E-state index in [4.69, 9.17) is 0 Å². The Morgan fingerprint density at radius 3 is 1.41 bits per heavy atom. The summed E-state index contributed by atoms with van der Waals surface area (Å²) in [6.07, 6.45) is 0. The maximum atomic E-state index is 13.0. The lowest BCUT2D eigenvalue weighted by Crippen LogP contribution is -2.49. The van der Waals surface area contributed by atoms with Gasteiger partial charge in [0, 0.05) is 76.7 Å². The van der Waals surface area contributed by atoms with Gasteiger partial charge >= 0.3 is 17.9 Å². The van der Waals surface area contributed by atoms with Crippen LogP contribution in [0.5, 0.6) is 0 Å². The lowest BCUT2D eigenvalue weighted by Gasteiger charge is -2.32. The summed E-state index contributed by atoms with van der Waals surface area (Å²) in [5.74, 6) is -3.56. The second-order valence-electron chi connectivity index (χ2n) is 10.7. The summed E-state index contributed by atoms with van der Waals surface area (Å²) in [4.78, 5) is 68.8. The van der Waals surface area contributed by atoms with Crippen LogP contribution in [-0.4, -0.2) is 174 Å². The lowest BCUT2D eigenvalue weighted by molar-refractivity contribution is -0.140. The minimum atomic E-state index is -1.02. The van der Waals surface area contributed by atoms with Crippen molar-refractivity contribution in [3.8, 4) is 0 Å². The molecule has 0 atom stereocenters. The number of carboxylic acid groups (broad SMARTS) is 3. The molecule has 5 N–H and O–H groups in total. The molecule has 0 radical (unpaired) electrons. The summed E-state index contributed by atoms with van der Waals surface area (Å²) in [5, 5.41) is 33.8. The second-order valence-corrected chi connectivity index (χ2v) is 10.7. The fourth-order valence-electron chi connectivity index (χ4n) is 4.86. The maximum Gasteiger partial charge on any atom is 0.317 e. The standard InChI is InChI=1S/C29H47N7O8/c1-3-32(4-2)10-9-30-29(44)23-5-7-24(8-6-23)31-25(37)19-33-11-13-34(20-26(38)39)15-17-36(22-28(42)43)18-16-35(14-12-33)21-27(40)41/h5-8H,3-4,9-22H2,1-2H3,(H,30,44)(H,31,37)(H,38,39)(H,40,41)(H,42,43). The van der Waals surface area contributed by atoms with E-state index in [1.807, 2.05) is 4.90 Å². The first kappa shape index (κ1) is 36.6. The highest BCUT2D eigenvalue weighted by Gasteiger charge is 2.21. The van der Waals surface area contributed by atoms with Gasteiger partial charge in [0.1, 0.15) is 0 Å². The summed E-state index contributed by atoms with van der Waals surface area (Å²) in [6.45, 7) is 9.03. The molecule has 1 aliphatic rings. The Balaban J connectivity index is 2.03. The van der Waals surface area contributed by atoms with Gasteiger partial charge in [-0.1, -0.05) is 13.8 Å². The van der Waals surface area contributed by atoms with Crippen LogP contribution >= 0.6 is 0 Å². The molecule has 2 rings (SSSR count). The highest BCUT2D eigenvalue weighted by atomic mass is 16.4. The predicted molar refractivity (Wildman–Crippen MR) is 164 cm³/mol. The van der Waals surface area contributed by atoms with E-state index in [1.165, 1.54) is 0 Å². The van der Waals surface area contributed by atoms with Crippen molar-refractivity contribution < 1.29 is 39.3 Å². The molecular weight excluding hydrogens is 574 g/mol. The van der Waals surface area contributed by atoms with Crippen LogP contribution in [0, 0.1) is 0 Å². The summed E-state index contributed by atoms with van der Waals surface area (Å²) >= 11 is 0. The molecule has 0 aromatic heterocycles. The first-order chi connectivity index (χ1) is 21.0. The monoisotopic (exact) mass is 621 g/mol. The van der Waals surface area contributed by atoms with Gasteiger partial charge in [-0.25, -0.2) is 0 Å². The van der Waals surface area contributed by atoms with Gasteiger partial charge in [0.25, 0.3) is 5.91 Å². The summed E-state index contributed by atoms with van der Waals surface area (Å²) in [6, 6.07) is 6.58. The lowest BCUT2D eigenvalue weighted by atomic mass is 10.2. The Kier molecular flexibility index (Phi) is 16.3. The van der Waals surface area contributed by atoms with Crippen LogP contribution in [0.1, 0.15) is 24.2 Å². The Labute approximate surface area is 258 Å². The molecule has 44 heavy (non-hydrogen) atoms. The van der Waals surface area contributed by atoms with Crippen LogP contribution in [0.15, 0.2) is 24.3 Å². The minimum absolute atomic E-state index is 0.0133. The molecule has 1 saturated heterocycles. The van der Waals surface area contributed by atoms with Crippen molar-refractivity contribution in [3.05, 3.63) is 29.8 Å². The number of nitrogens with zero attached hydrogens (tertiary/aromatic N) is 5. The van der Waals surface area contributed by atoms with Gasteiger partial charge in [-0.3, -0.25) is 43.6 Å². The predicted octanol–water partition coefficient (Wildman–Crippen LogP) is -0.828. The van der Waals surface area contributed by atoms with E-state index >= 15 is 0 Å². The summed E-state index contributed by atoms with van der Waals surface area (Å²) < 4.78 is 0. The van der Waals surface area contributed by atoms with E-state index in [1.54, 1.807) is 39.0 Å². The molecule has 1 aliphatic heterocycles. The average molecular weight is 622 g/mol. The van der Waals surface area contributed by atoms with Crippen molar-refractivity contribution in [2.45, 2.75) is 13.8 Å². The topological polar surface area (TPSA) is 186 Å². The third-order valence-corrected chi connectivity index (χ3v) is 7.41. The van der Waals surface area contributed by atoms with Crippen LogP contribution in [-0.2, 0) is 19.2 Å². The smallest absolute Gasteiger partial charge is 0.317 e. The van der Waals surface area contributed by atoms with Crippen molar-refractivity contribution >= 4 is 35.4 Å². The van der Waals surface area contributed by atoms with E-state index in [0.29, 0.717) is 70.2 Å². The van der Waals surface area contributed by atoms with Crippen molar-refractivity contribution in [1.82, 2.24) is 29.8 Å². The molecular formula is C29H47N7O8. The molecule has 246 valence electrons. The Hall–Kier alpha value is -3.63. The third kappa shape index (κ3) is 14.7. The van der Waals surface area contributed by atoms with Crippen LogP contribution in [0.3, 0.4) is 0 Å². The van der Waals surface area contributed by atoms with Gasteiger partial charge in [-0.2, -0.15) is 0 Å². The van der Waals surface area contributed by atoms with E-state index in [0.717, 1.165) is 19.6 Å². The molecule has 0 bridgehead atoms. The average Bonchev–Trinajstić information content (AvgIpc) is 2.96. The van der Waals surface area contributed by atoms with Gasteiger partial charge < -0.3 is 30.9 Å². The second kappa shape index (κ2) is 19.6. The number of nitrogens with one attached hydrogen (secondary N) is 2. The number of rotatable bonds is 15. The fraction of sp³-hybridized carbons (Fsp3) is 0.621. The number of hydrogen-bond acceptors (Lipinski definition) is 10. The molecule has 2 amide bonds. The van der Waals surface area contributed by atoms with Gasteiger partial charge in [-0.15, -0.1) is 0 Å². The van der Waals surface area contributed by atoms with Crippen LogP contribution in [0.2, 0.25) is 0 Å². The number of likely N-dealkylation sites (N-methyl/N-ethyl adjacent to an activating group) is 1. The molecule has 0 aliphatic carbocycles. The summed E-state index contributed by atoms with van der Waals surface area (Å²) in [5.41, 5.74) is 0.993. The summed E-state index contributed by atoms with van der Waals surface area (Å²) in [7, 11) is 0. The number of anilines is 1. The van der Waals surface area contributed by atoms with E-state index in [9.17, 15) is 39.3 Å². The first-order valence-corrected chi connectivity index (χ1v) is 14.9. The molecule has 1 aromatic rings. The van der Waals surface area contributed by atoms with Gasteiger partial charge in [-0.05, 0) is 37.4 Å². The van der Waals surface area contributed by atoms with Gasteiger partial charge in [0.05, 0.1) is 26.2 Å². The Morgan fingerprint density at radius 1 is 0.659 bits per heavy atom. The quantitative estimate of drug-likeness (QED) is 0.164. The Morgan fingerprint density at radius 2 is 1.05 bits per heavy atom. The molecule has 0 spiro atoms. The van der Waals surface area contributed by atoms with Crippen LogP contribution in [0.4, 0.5) is 5.69 Å². The minimum Gasteiger partial charge on any atom is -0.480 e. The zero-order chi connectivity index (χ0) is 32.5. The maximum absolute atomic E-state index is 13.0. The molecule has 1 aromatic carbocycles. The van der Waals surface area contributed by atoms with Gasteiger partial charge in [0.2, 0.25) is 5.91 Å². The molecule has 15 nitrogen and oxygen atoms in total. The number of aliphatic carboxylic acids is 3. The van der Waals surface area contributed by atoms with Crippen molar-refractivity contribution in [2.75, 3.05) is 110 Å². The largest absolute Gasteiger partial charge is 0.480 e. The number of carbonyl (C=O) groups excluding carboxylic acids is 2. The van der Waals surface area contributed by atoms with E-state index < -0.39 is 17.9 Å². The molecule has 1 fully saturated rings. The van der Waals surface area contributed by atoms with Crippen molar-refractivity contribution in [3.63, 3.8) is 0 Å². The number of carbonyl (C=O) groups is 5. The fourth-order valence-corrected chi connectivity index (χ4v) is 4.86. The van der Waals surface area contributed by atoms with Gasteiger partial charge in [0.15, 0.2) is 0 Å². The number of hydrogen-bond donors (Lipinski definition) is 5. The number of carboxylic acids is 3. The van der Waals surface area contributed by atoms with Crippen molar-refractivity contribution in [2.24, 2.45) is 0 Å². The molecule has 1 heterocycles. The highest BCUT2D eigenvalue weighted by molar-refractivity contribution is 5.96. The third-order valence-electron chi connectivity index (χ3n) is 7.41. The molecule has 0 unspecified atom stereocenters. The first-order valence-electron chi connectivity index (χ1n) is 14.9. The Bertz CT molecular complexity index is 1050. The van der Waals surface area contributed by atoms with Crippen LogP contribution in [0.25, 0.3) is 0 Å². The van der Waals surface area contributed by atoms with E-state index in [2.05, 4.69) is 29.4 Å². The number of amides is 2. The zero-order valence-corrected chi connectivity index (χ0v) is 25.7. The normalized spacial score (nSPS) is 16.5. The number of benzene rings is 1. The highest BCUT2D eigenvalue weighted by Crippen LogP contribution is 2.10. The van der Waals surface area contributed by atoms with Crippen LogP contribution < -0.4 is 10.6 Å². The SMILES string of the molecule is CCN(CC)CCNC(=O)c1ccc(NC(=O)CN2CCN(CC(=O)O)CCN(CC(=O)O)CCN(CC(=O)O)CC2)cc1. The molecule has 0 saturated carbocycles. The zero-order valence-electron chi connectivity index (χ0n) is 25.7. The molecule has 15 heteroatoms.